The molecule has 94 valence electrons. The van der Waals surface area contributed by atoms with E-state index >= 15 is 0 Å². The zero-order chi connectivity index (χ0) is 12.3. The lowest BCUT2D eigenvalue weighted by molar-refractivity contribution is -0.144. The monoisotopic (exact) mass is 253 g/mol. The predicted octanol–water partition coefficient (Wildman–Crippen LogP) is 2.31. The van der Waals surface area contributed by atoms with Crippen molar-refractivity contribution in [3.63, 3.8) is 0 Å². The molecule has 4 heteroatoms. The topological polar surface area (TPSA) is 38.3 Å². The average molecular weight is 253 g/mol. The summed E-state index contributed by atoms with van der Waals surface area (Å²) in [5.74, 6) is 0.269. The summed E-state index contributed by atoms with van der Waals surface area (Å²) >= 11 is 1.67. The van der Waals surface area contributed by atoms with Crippen LogP contribution in [0.25, 0.3) is 0 Å². The number of aryl methyl sites for hydroxylation is 1. The summed E-state index contributed by atoms with van der Waals surface area (Å²) in [6.45, 7) is 4.08. The van der Waals surface area contributed by atoms with Crippen LogP contribution in [0.3, 0.4) is 0 Å². The van der Waals surface area contributed by atoms with Crippen LogP contribution in [-0.2, 0) is 9.53 Å². The van der Waals surface area contributed by atoms with E-state index in [0.717, 1.165) is 25.9 Å². The Morgan fingerprint density at radius 2 is 2.24 bits per heavy atom. The first-order valence-corrected chi connectivity index (χ1v) is 6.94. The van der Waals surface area contributed by atoms with Gasteiger partial charge in [-0.1, -0.05) is 0 Å². The number of piperidine rings is 1. The lowest BCUT2D eigenvalue weighted by atomic mass is 9.83. The highest BCUT2D eigenvalue weighted by atomic mass is 32.1. The van der Waals surface area contributed by atoms with E-state index in [1.54, 1.807) is 11.3 Å². The highest BCUT2D eigenvalue weighted by Crippen LogP contribution is 2.36. The van der Waals surface area contributed by atoms with Crippen molar-refractivity contribution in [1.82, 2.24) is 5.32 Å². The molecule has 0 aromatic carbocycles. The number of carbonyl (C=O) groups excluding carboxylic acids is 1. The van der Waals surface area contributed by atoms with Crippen molar-refractivity contribution in [2.75, 3.05) is 20.2 Å². The highest BCUT2D eigenvalue weighted by Gasteiger charge is 2.33. The maximum atomic E-state index is 12.0. The SMILES string of the molecule is COC(=O)C(c1sccc1C)C1CCNCC1. The van der Waals surface area contributed by atoms with Crippen molar-refractivity contribution in [3.8, 4) is 0 Å². The van der Waals surface area contributed by atoms with Gasteiger partial charge in [0.2, 0.25) is 0 Å². The third-order valence-electron chi connectivity index (χ3n) is 3.49. The van der Waals surface area contributed by atoms with Crippen LogP contribution in [0.4, 0.5) is 0 Å². The summed E-state index contributed by atoms with van der Waals surface area (Å²) in [5.41, 5.74) is 1.21. The second kappa shape index (κ2) is 5.65. The second-order valence-electron chi connectivity index (χ2n) is 4.56. The molecule has 1 atom stereocenters. The van der Waals surface area contributed by atoms with E-state index in [1.165, 1.54) is 17.6 Å². The van der Waals surface area contributed by atoms with Crippen LogP contribution in [0.15, 0.2) is 11.4 Å². The first-order valence-electron chi connectivity index (χ1n) is 6.06. The summed E-state index contributed by atoms with van der Waals surface area (Å²) in [6.07, 6.45) is 2.11. The van der Waals surface area contributed by atoms with Gasteiger partial charge in [-0.15, -0.1) is 11.3 Å². The zero-order valence-electron chi connectivity index (χ0n) is 10.4. The molecule has 0 spiro atoms. The fourth-order valence-corrected chi connectivity index (χ4v) is 3.63. The molecule has 1 fully saturated rings. The van der Waals surface area contributed by atoms with Crippen LogP contribution in [0, 0.1) is 12.8 Å². The molecule has 2 heterocycles. The Balaban J connectivity index is 2.24. The maximum Gasteiger partial charge on any atom is 0.314 e. The van der Waals surface area contributed by atoms with Gasteiger partial charge in [0.1, 0.15) is 0 Å². The van der Waals surface area contributed by atoms with E-state index in [4.69, 9.17) is 4.74 Å². The minimum absolute atomic E-state index is 0.0675. The van der Waals surface area contributed by atoms with Crippen molar-refractivity contribution in [1.29, 1.82) is 0 Å². The molecule has 0 amide bonds. The molecule has 3 nitrogen and oxygen atoms in total. The summed E-state index contributed by atoms with van der Waals surface area (Å²) in [6, 6.07) is 2.08. The van der Waals surface area contributed by atoms with Gasteiger partial charge in [-0.3, -0.25) is 4.79 Å². The van der Waals surface area contributed by atoms with Gasteiger partial charge in [-0.2, -0.15) is 0 Å². The second-order valence-corrected chi connectivity index (χ2v) is 5.50. The maximum absolute atomic E-state index is 12.0. The minimum atomic E-state index is -0.0811. The van der Waals surface area contributed by atoms with Gasteiger partial charge in [-0.25, -0.2) is 0 Å². The minimum Gasteiger partial charge on any atom is -0.469 e. The molecule has 0 bridgehead atoms. The average Bonchev–Trinajstić information content (AvgIpc) is 2.77. The predicted molar refractivity (Wildman–Crippen MR) is 69.4 cm³/mol. The lowest BCUT2D eigenvalue weighted by Crippen LogP contribution is -2.34. The van der Waals surface area contributed by atoms with E-state index in [1.807, 2.05) is 0 Å². The fourth-order valence-electron chi connectivity index (χ4n) is 2.52. The Bertz CT molecular complexity index is 383. The molecule has 0 radical (unpaired) electrons. The molecule has 0 aliphatic carbocycles. The molecule has 0 saturated carbocycles. The molecule has 1 N–H and O–H groups in total. The van der Waals surface area contributed by atoms with Crippen molar-refractivity contribution < 1.29 is 9.53 Å². The summed E-state index contributed by atoms with van der Waals surface area (Å²) < 4.78 is 4.99. The molecule has 1 aliphatic heterocycles. The van der Waals surface area contributed by atoms with Crippen LogP contribution in [-0.4, -0.2) is 26.2 Å². The van der Waals surface area contributed by atoms with E-state index in [2.05, 4.69) is 23.7 Å². The normalized spacial score (nSPS) is 18.9. The largest absolute Gasteiger partial charge is 0.469 e. The smallest absolute Gasteiger partial charge is 0.314 e. The van der Waals surface area contributed by atoms with Crippen LogP contribution < -0.4 is 5.32 Å². The molecule has 17 heavy (non-hydrogen) atoms. The molecule has 1 saturated heterocycles. The van der Waals surface area contributed by atoms with Gasteiger partial charge in [0.05, 0.1) is 13.0 Å². The Kier molecular flexibility index (Phi) is 4.18. The van der Waals surface area contributed by atoms with Gasteiger partial charge in [0.25, 0.3) is 0 Å². The van der Waals surface area contributed by atoms with Crippen molar-refractivity contribution >= 4 is 17.3 Å². The Morgan fingerprint density at radius 1 is 1.53 bits per heavy atom. The van der Waals surface area contributed by atoms with E-state index in [-0.39, 0.29) is 11.9 Å². The first kappa shape index (κ1) is 12.6. The number of esters is 1. The molecule has 1 aliphatic rings. The number of hydrogen-bond acceptors (Lipinski definition) is 4. The molecular formula is C13H19NO2S. The van der Waals surface area contributed by atoms with Gasteiger partial charge in [0.15, 0.2) is 0 Å². The van der Waals surface area contributed by atoms with Crippen LogP contribution in [0.2, 0.25) is 0 Å². The number of nitrogens with one attached hydrogen (secondary N) is 1. The molecular weight excluding hydrogens is 234 g/mol. The van der Waals surface area contributed by atoms with Gasteiger partial charge in [0, 0.05) is 4.88 Å². The zero-order valence-corrected chi connectivity index (χ0v) is 11.2. The van der Waals surface area contributed by atoms with Gasteiger partial charge in [-0.05, 0) is 55.8 Å². The van der Waals surface area contributed by atoms with Crippen molar-refractivity contribution in [2.45, 2.75) is 25.7 Å². The molecule has 2 rings (SSSR count). The third kappa shape index (κ3) is 2.69. The van der Waals surface area contributed by atoms with E-state index in [9.17, 15) is 4.79 Å². The van der Waals surface area contributed by atoms with Crippen molar-refractivity contribution in [2.24, 2.45) is 5.92 Å². The van der Waals surface area contributed by atoms with Gasteiger partial charge < -0.3 is 10.1 Å². The summed E-state index contributed by atoms with van der Waals surface area (Å²) in [5, 5.41) is 5.39. The number of hydrogen-bond donors (Lipinski definition) is 1. The number of rotatable bonds is 3. The standard InChI is InChI=1S/C13H19NO2S/c1-9-5-8-17-12(9)11(13(15)16-2)10-3-6-14-7-4-10/h5,8,10-11,14H,3-4,6-7H2,1-2H3. The number of thiophene rings is 1. The molecule has 1 aromatic heterocycles. The number of methoxy groups -OCH3 is 1. The first-order chi connectivity index (χ1) is 8.24. The van der Waals surface area contributed by atoms with Crippen molar-refractivity contribution in [3.05, 3.63) is 21.9 Å². The Morgan fingerprint density at radius 3 is 2.76 bits per heavy atom. The number of ether oxygens (including phenoxy) is 1. The summed E-state index contributed by atoms with van der Waals surface area (Å²) in [4.78, 5) is 13.2. The number of carbonyl (C=O) groups is 1. The lowest BCUT2D eigenvalue weighted by Gasteiger charge is -2.28. The van der Waals surface area contributed by atoms with Crippen LogP contribution in [0.1, 0.15) is 29.2 Å². The van der Waals surface area contributed by atoms with E-state index < -0.39 is 0 Å². The van der Waals surface area contributed by atoms with Crippen LogP contribution >= 0.6 is 11.3 Å². The summed E-state index contributed by atoms with van der Waals surface area (Å²) in [7, 11) is 1.49. The molecule has 1 unspecified atom stereocenters. The molecule has 1 aromatic rings. The van der Waals surface area contributed by atoms with E-state index in [0.29, 0.717) is 5.92 Å². The van der Waals surface area contributed by atoms with Crippen LogP contribution in [0.5, 0.6) is 0 Å². The fraction of sp³-hybridized carbons (Fsp3) is 0.615. The Labute approximate surface area is 106 Å². The third-order valence-corrected chi connectivity index (χ3v) is 4.60. The van der Waals surface area contributed by atoms with Gasteiger partial charge >= 0.3 is 5.97 Å². The quantitative estimate of drug-likeness (QED) is 0.840. The highest BCUT2D eigenvalue weighted by molar-refractivity contribution is 7.10. The Hall–Kier alpha value is -0.870.